The average molecular weight is 1810 g/mol. The van der Waals surface area contributed by atoms with E-state index in [0.717, 1.165) is 55.9 Å². The molecule has 0 atom stereocenters. The van der Waals surface area contributed by atoms with Crippen molar-refractivity contribution in [2.75, 3.05) is 0 Å². The van der Waals surface area contributed by atoms with Crippen molar-refractivity contribution in [1.82, 2.24) is 0 Å². The fourth-order valence-electron chi connectivity index (χ4n) is 22.1. The van der Waals surface area contributed by atoms with Crippen LogP contribution in [0.5, 0.6) is 0 Å². The predicted molar refractivity (Wildman–Crippen MR) is 598 cm³/mol. The van der Waals surface area contributed by atoms with Gasteiger partial charge in [0, 0.05) is 12.0 Å². The molecule has 6 aromatic rings. The minimum absolute atomic E-state index is 0. The van der Waals surface area contributed by atoms with Crippen LogP contribution in [0.1, 0.15) is 510 Å². The number of benzene rings is 6. The van der Waals surface area contributed by atoms with Crippen LogP contribution in [-0.4, -0.2) is 5.78 Å². The number of hydrogen-bond donors (Lipinski definition) is 0. The van der Waals surface area contributed by atoms with Crippen LogP contribution in [-0.2, 0) is 51.4 Å². The van der Waals surface area contributed by atoms with Gasteiger partial charge >= 0.3 is 0 Å². The molecule has 0 spiro atoms. The molecule has 12 saturated carbocycles. The molecule has 0 saturated heterocycles. The zero-order valence-electron chi connectivity index (χ0n) is 81.4. The molecule has 133 heavy (non-hydrogen) atoms. The first-order valence-electron chi connectivity index (χ1n) is 55.0. The summed E-state index contributed by atoms with van der Waals surface area (Å²) < 4.78 is 0. The monoisotopic (exact) mass is 1810 g/mol. The lowest BCUT2D eigenvalue weighted by Crippen LogP contribution is -2.38. The van der Waals surface area contributed by atoms with E-state index < -0.39 is 0 Å². The number of carbonyl (C=O) groups excluding carboxylic acids is 1. The van der Waals surface area contributed by atoms with Gasteiger partial charge < -0.3 is 0 Å². The van der Waals surface area contributed by atoms with Crippen molar-refractivity contribution in [1.29, 1.82) is 0 Å². The molecule has 0 heterocycles. The van der Waals surface area contributed by atoms with Gasteiger partial charge in [-0.1, -0.05) is 526 Å². The number of allylic oxidation sites excluding steroid dienone is 12. The third-order valence-electron chi connectivity index (χ3n) is 30.1. The maximum absolute atomic E-state index is 11.3. The van der Waals surface area contributed by atoms with Gasteiger partial charge in [-0.3, -0.25) is 4.79 Å². The highest BCUT2D eigenvalue weighted by Crippen LogP contribution is 2.53. The van der Waals surface area contributed by atoms with Gasteiger partial charge in [0.1, 0.15) is 0 Å². The predicted octanol–water partition coefficient (Wildman–Crippen LogP) is 42.5. The lowest BCUT2D eigenvalue weighted by atomic mass is 9.56. The molecule has 4 bridgehead atoms. The molecule has 0 unspecified atom stereocenters. The topological polar surface area (TPSA) is 17.1 Å². The molecule has 27 rings (SSSR count). The van der Waals surface area contributed by atoms with Crippen molar-refractivity contribution >= 4 is 5.78 Å². The van der Waals surface area contributed by atoms with Gasteiger partial charge in [-0.25, -0.2) is 0 Å². The Bertz CT molecular complexity index is 3640. The molecule has 0 N–H and O–H groups in total. The summed E-state index contributed by atoms with van der Waals surface area (Å²) in [4.78, 5) is 11.3. The van der Waals surface area contributed by atoms with Gasteiger partial charge in [0.2, 0.25) is 0 Å². The van der Waals surface area contributed by atoms with E-state index in [0.29, 0.717) is 5.78 Å². The van der Waals surface area contributed by atoms with Crippen LogP contribution in [0.3, 0.4) is 0 Å². The van der Waals surface area contributed by atoms with Gasteiger partial charge in [-0.2, -0.15) is 0 Å². The van der Waals surface area contributed by atoms with Gasteiger partial charge in [0.05, 0.1) is 0 Å². The summed E-state index contributed by atoms with van der Waals surface area (Å²) in [7, 11) is 0. The van der Waals surface area contributed by atoms with Gasteiger partial charge in [0.15, 0.2) is 5.78 Å². The van der Waals surface area contributed by atoms with E-state index >= 15 is 0 Å². The molecule has 12 fully saturated rings. The first-order valence-corrected chi connectivity index (χ1v) is 55.0. The van der Waals surface area contributed by atoms with Crippen LogP contribution >= 0.6 is 0 Å². The Morgan fingerprint density at radius 3 is 0.624 bits per heavy atom. The summed E-state index contributed by atoms with van der Waals surface area (Å²) in [6, 6.07) is 51.4. The lowest BCUT2D eigenvalue weighted by Gasteiger charge is -2.49. The van der Waals surface area contributed by atoms with Crippen molar-refractivity contribution in [3.63, 3.8) is 0 Å². The molecular weight excluding hydrogens is 1600 g/mol. The summed E-state index contributed by atoms with van der Waals surface area (Å²) in [6.45, 7) is 0. The minimum Gasteiger partial charge on any atom is -0.294 e. The van der Waals surface area contributed by atoms with Crippen LogP contribution in [0, 0.1) is 35.5 Å². The second-order valence-electron chi connectivity index (χ2n) is 40.9. The molecule has 0 radical (unpaired) electrons. The number of Topliss-reactive ketones (excluding diaryl/α,β-unsaturated/α-hetero) is 1. The van der Waals surface area contributed by atoms with Crippen molar-refractivity contribution in [2.24, 2.45) is 35.5 Å². The second-order valence-corrected chi connectivity index (χ2v) is 40.9. The van der Waals surface area contributed by atoms with Gasteiger partial charge in [-0.15, -0.1) is 0 Å². The third kappa shape index (κ3) is 52.1. The normalized spacial score (nSPS) is 22.5. The Hall–Kier alpha value is -6.57. The highest BCUT2D eigenvalue weighted by Gasteiger charge is 2.42. The number of fused-ring (bicyclic) bond motifs is 8. The second kappa shape index (κ2) is 78.4. The maximum Gasteiger partial charge on any atom is 0.163 e. The summed E-state index contributed by atoms with van der Waals surface area (Å²) >= 11 is 0. The van der Waals surface area contributed by atoms with E-state index in [1.165, 1.54) is 405 Å². The van der Waals surface area contributed by atoms with Crippen LogP contribution in [0.15, 0.2) is 219 Å². The molecule has 21 aliphatic rings. The fourth-order valence-corrected chi connectivity index (χ4v) is 22.1. The van der Waals surface area contributed by atoms with E-state index in [2.05, 4.69) is 194 Å². The Kier molecular flexibility index (Phi) is 70.0. The van der Waals surface area contributed by atoms with E-state index in [9.17, 15) is 4.79 Å². The average Bonchev–Trinajstić information content (AvgIpc) is 1.78. The smallest absolute Gasteiger partial charge is 0.163 e. The van der Waals surface area contributed by atoms with Crippen LogP contribution in [0.4, 0.5) is 0 Å². The largest absolute Gasteiger partial charge is 0.294 e. The zero-order chi connectivity index (χ0) is 87.6. The number of ketones is 1. The summed E-state index contributed by atoms with van der Waals surface area (Å²) in [5.74, 6) is 7.33. The van der Waals surface area contributed by atoms with Crippen molar-refractivity contribution in [3.8, 4) is 11.1 Å². The molecule has 0 aromatic heterocycles. The molecular formula is C132H208O. The van der Waals surface area contributed by atoms with E-state index in [1.54, 1.807) is 97.6 Å². The first kappa shape index (κ1) is 119. The van der Waals surface area contributed by atoms with Gasteiger partial charge in [0.25, 0.3) is 0 Å². The Morgan fingerprint density at radius 1 is 0.173 bits per heavy atom. The Morgan fingerprint density at radius 2 is 0.398 bits per heavy atom. The standard InChI is InChI=1S/C13H10.C10H10O.C10H16.C10H18.C10H12.C9H10.C8H8.C8H16.C7H14.C6H12.C6H10.2C6H8.C5H10.C5H8.C4H8.C3H6.6CH4/c1-3-7-12-10(5-1)9-11-6-2-4-8-13(11)12;11-10-7-3-5-8-4-1-2-6-9(8)10;1-7-2-9-4-8(1)5-10(3-7)6-9;2*1-2-6-10-8-4-3-7-9(10)5-1;1-2-5-9-7-3-6-8(9)4-1;1-2-4-8-6-5-7(8)3-1;1-2-4-6-8-7-5-3-1;1-2-4-6-7-5-3-1;4*1-2-4-6-5-3-1;2*1-2-4-5-3-1;1-2-4-3-1;1-2-3-1;;;;;;/h1-8H,9H2;1-2,4,6H,3,5,7H2;7-10H,1-6H2;9-10H,1-8H2;1-2,5-6H,3-4,7-8H2;1-2,4-5H,3,6-7H2;1-4H,5-6H2;1-8H2;1-7H2;1-6H2;1-2H,3-6H2;1-2,5-6H,3-4H2;1-4H,5-6H2;1-5H2;1-2H,3-5H2;1-4H2;1-3H2;6*1H4. The number of rotatable bonds is 0. The van der Waals surface area contributed by atoms with E-state index in [-0.39, 0.29) is 44.6 Å². The molecule has 1 nitrogen and oxygen atoms in total. The van der Waals surface area contributed by atoms with Crippen LogP contribution in [0.25, 0.3) is 11.1 Å². The zero-order valence-corrected chi connectivity index (χ0v) is 81.4. The van der Waals surface area contributed by atoms with Crippen molar-refractivity contribution in [3.05, 3.63) is 274 Å². The highest BCUT2D eigenvalue weighted by atomic mass is 16.1. The van der Waals surface area contributed by atoms with E-state index in [1.807, 2.05) is 24.3 Å². The van der Waals surface area contributed by atoms with Gasteiger partial charge in [-0.05, 0) is 283 Å². The minimum atomic E-state index is 0. The molecule has 1 heteroatoms. The summed E-state index contributed by atoms with van der Waals surface area (Å²) in [5.41, 5.74) is 17.3. The lowest BCUT2D eigenvalue weighted by molar-refractivity contribution is 0.0198. The Balaban J connectivity index is 0.000000297. The van der Waals surface area contributed by atoms with Crippen molar-refractivity contribution < 1.29 is 4.79 Å². The molecule has 742 valence electrons. The molecule has 0 amide bonds. The van der Waals surface area contributed by atoms with Crippen LogP contribution in [0.2, 0.25) is 0 Å². The SMILES string of the molecule is C.C.C.C.C.C.C1=CCC=CC1.C1=CCCC1.C1=CCCC=C1.C1=CCCCC1.C1C2CC3CC1CC(C2)C3.C1CC1.C1CCC1.C1CCC2CCCCC2C1.C1CCCC1.C1CCCCC1.C1CCCCCC1.C1CCCCCCC1.O=C1CCCc2ccccc21.c1ccc2c(c1)CC2.c1ccc2c(c1)CCC2.c1ccc2c(c1)CCCC2.c1ccc2c(c1)Cc1ccccc1-2. The first-order chi connectivity index (χ1) is 63.1. The molecule has 21 aliphatic carbocycles. The number of carbonyl (C=O) groups is 1. The number of hydrogen-bond acceptors (Lipinski definition) is 1. The van der Waals surface area contributed by atoms with Crippen LogP contribution < -0.4 is 0 Å². The fraction of sp³-hybridized carbons (Fsp3) is 0.629. The highest BCUT2D eigenvalue weighted by molar-refractivity contribution is 5.98. The third-order valence-corrected chi connectivity index (χ3v) is 30.1. The van der Waals surface area contributed by atoms with E-state index in [4.69, 9.17) is 0 Å². The Labute approximate surface area is 826 Å². The summed E-state index contributed by atoms with van der Waals surface area (Å²) in [6.07, 6.45) is 128. The number of aryl methyl sites for hydroxylation is 7. The molecule has 6 aromatic carbocycles. The molecule has 0 aliphatic heterocycles. The summed E-state index contributed by atoms with van der Waals surface area (Å²) in [5, 5.41) is 0. The van der Waals surface area contributed by atoms with Crippen molar-refractivity contribution in [2.45, 2.75) is 500 Å². The maximum atomic E-state index is 11.3. The quantitative estimate of drug-likeness (QED) is 0.109.